The van der Waals surface area contributed by atoms with E-state index in [1.165, 1.54) is 22.7 Å². The van der Waals surface area contributed by atoms with E-state index in [-0.39, 0.29) is 0 Å². The normalized spacial score (nSPS) is 10.5. The lowest BCUT2D eigenvalue weighted by Gasteiger charge is -2.02. The number of benzene rings is 1. The minimum absolute atomic E-state index is 0.361. The van der Waals surface area contributed by atoms with Gasteiger partial charge in [0.05, 0.1) is 0 Å². The van der Waals surface area contributed by atoms with Crippen LogP contribution < -0.4 is 0 Å². The lowest BCUT2D eigenvalue weighted by Crippen LogP contribution is -1.93. The summed E-state index contributed by atoms with van der Waals surface area (Å²) >= 11 is 7.04. The fourth-order valence-corrected chi connectivity index (χ4v) is 2.27. The van der Waals surface area contributed by atoms with E-state index in [2.05, 4.69) is 40.5 Å². The number of aromatic nitrogens is 2. The zero-order chi connectivity index (χ0) is 10.7. The molecule has 1 heterocycles. The van der Waals surface area contributed by atoms with E-state index < -0.39 is 0 Å². The molecule has 0 aliphatic carbocycles. The summed E-state index contributed by atoms with van der Waals surface area (Å²) in [6, 6.07) is 8.40. The number of hydrogen-bond acceptors (Lipinski definition) is 3. The van der Waals surface area contributed by atoms with Crippen LogP contribution >= 0.6 is 23.1 Å². The molecule has 15 heavy (non-hydrogen) atoms. The summed E-state index contributed by atoms with van der Waals surface area (Å²) in [5.74, 6) is 0. The van der Waals surface area contributed by atoms with Crippen LogP contribution in [0.5, 0.6) is 0 Å². The van der Waals surface area contributed by atoms with Crippen LogP contribution in [0, 0.1) is 6.92 Å². The second kappa shape index (κ2) is 4.73. The van der Waals surface area contributed by atoms with Gasteiger partial charge in [-0.2, -0.15) is 4.37 Å². The maximum absolute atomic E-state index is 5.66. The molecule has 1 aromatic carbocycles. The van der Waals surface area contributed by atoms with Gasteiger partial charge in [0.2, 0.25) is 5.28 Å². The maximum atomic E-state index is 5.66. The standard InChI is InChI=1S/C11H11ClN2S/c1-8-4-2-3-5-9(8)6-7-10-13-11(12)14-15-10/h2-5H,6-7H2,1H3. The van der Waals surface area contributed by atoms with E-state index in [9.17, 15) is 0 Å². The topological polar surface area (TPSA) is 25.8 Å². The highest BCUT2D eigenvalue weighted by Crippen LogP contribution is 2.14. The van der Waals surface area contributed by atoms with Crippen molar-refractivity contribution in [3.8, 4) is 0 Å². The van der Waals surface area contributed by atoms with Gasteiger partial charge in [-0.25, -0.2) is 4.98 Å². The maximum Gasteiger partial charge on any atom is 0.234 e. The van der Waals surface area contributed by atoms with Crippen molar-refractivity contribution in [1.82, 2.24) is 9.36 Å². The van der Waals surface area contributed by atoms with Crippen molar-refractivity contribution in [2.75, 3.05) is 0 Å². The molecule has 0 atom stereocenters. The molecular weight excluding hydrogens is 228 g/mol. The molecule has 0 aliphatic rings. The predicted molar refractivity (Wildman–Crippen MR) is 63.5 cm³/mol. The third-order valence-electron chi connectivity index (χ3n) is 2.31. The summed E-state index contributed by atoms with van der Waals surface area (Å²) in [7, 11) is 0. The van der Waals surface area contributed by atoms with Crippen LogP contribution in [0.2, 0.25) is 5.28 Å². The van der Waals surface area contributed by atoms with Crippen LogP contribution in [0.4, 0.5) is 0 Å². The number of hydrogen-bond donors (Lipinski definition) is 0. The molecule has 0 saturated heterocycles. The second-order valence-corrected chi connectivity index (χ2v) is 4.56. The summed E-state index contributed by atoms with van der Waals surface area (Å²) in [5, 5.41) is 1.36. The van der Waals surface area contributed by atoms with Crippen LogP contribution in [0.15, 0.2) is 24.3 Å². The molecule has 0 unspecified atom stereocenters. The summed E-state index contributed by atoms with van der Waals surface area (Å²) < 4.78 is 3.95. The zero-order valence-corrected chi connectivity index (χ0v) is 9.98. The largest absolute Gasteiger partial charge is 0.234 e. The van der Waals surface area contributed by atoms with Crippen LogP contribution in [0.1, 0.15) is 16.1 Å². The van der Waals surface area contributed by atoms with Crippen molar-refractivity contribution < 1.29 is 0 Å². The Bertz CT molecular complexity index is 453. The summed E-state index contributed by atoms with van der Waals surface area (Å²) in [4.78, 5) is 4.13. The Kier molecular flexibility index (Phi) is 3.34. The van der Waals surface area contributed by atoms with Crippen molar-refractivity contribution in [1.29, 1.82) is 0 Å². The lowest BCUT2D eigenvalue weighted by molar-refractivity contribution is 0.934. The van der Waals surface area contributed by atoms with Gasteiger partial charge in [0.25, 0.3) is 0 Å². The Morgan fingerprint density at radius 3 is 2.73 bits per heavy atom. The van der Waals surface area contributed by atoms with Crippen molar-refractivity contribution >= 4 is 23.1 Å². The molecule has 0 spiro atoms. The highest BCUT2D eigenvalue weighted by atomic mass is 35.5. The van der Waals surface area contributed by atoms with E-state index in [1.807, 2.05) is 0 Å². The van der Waals surface area contributed by atoms with Gasteiger partial charge in [0.15, 0.2) is 0 Å². The van der Waals surface area contributed by atoms with Crippen LogP contribution in [0.3, 0.4) is 0 Å². The molecule has 0 bridgehead atoms. The number of halogens is 1. The van der Waals surface area contributed by atoms with E-state index in [4.69, 9.17) is 11.6 Å². The van der Waals surface area contributed by atoms with Gasteiger partial charge in [0.1, 0.15) is 5.01 Å². The highest BCUT2D eigenvalue weighted by molar-refractivity contribution is 7.05. The SMILES string of the molecule is Cc1ccccc1CCc1nc(Cl)ns1. The van der Waals surface area contributed by atoms with Crippen molar-refractivity contribution in [3.05, 3.63) is 45.7 Å². The number of aryl methyl sites for hydroxylation is 3. The van der Waals surface area contributed by atoms with Gasteiger partial charge in [-0.3, -0.25) is 0 Å². The molecule has 78 valence electrons. The highest BCUT2D eigenvalue weighted by Gasteiger charge is 2.03. The Balaban J connectivity index is 2.02. The Labute approximate surface area is 98.1 Å². The Morgan fingerprint density at radius 1 is 1.27 bits per heavy atom. The van der Waals surface area contributed by atoms with E-state index in [0.717, 1.165) is 17.8 Å². The molecule has 0 radical (unpaired) electrons. The van der Waals surface area contributed by atoms with Crippen molar-refractivity contribution in [2.24, 2.45) is 0 Å². The Morgan fingerprint density at radius 2 is 2.07 bits per heavy atom. The molecule has 2 rings (SSSR count). The summed E-state index contributed by atoms with van der Waals surface area (Å²) in [6.07, 6.45) is 1.91. The van der Waals surface area contributed by atoms with Crippen molar-refractivity contribution in [3.63, 3.8) is 0 Å². The van der Waals surface area contributed by atoms with E-state index >= 15 is 0 Å². The lowest BCUT2D eigenvalue weighted by atomic mass is 10.0. The quantitative estimate of drug-likeness (QED) is 0.820. The van der Waals surface area contributed by atoms with Crippen LogP contribution in [-0.2, 0) is 12.8 Å². The smallest absolute Gasteiger partial charge is 0.210 e. The molecule has 4 heteroatoms. The average Bonchev–Trinajstić information content (AvgIpc) is 2.63. The van der Waals surface area contributed by atoms with E-state index in [0.29, 0.717) is 5.28 Å². The third-order valence-corrected chi connectivity index (χ3v) is 3.35. The van der Waals surface area contributed by atoms with Crippen molar-refractivity contribution in [2.45, 2.75) is 19.8 Å². The van der Waals surface area contributed by atoms with E-state index in [1.54, 1.807) is 0 Å². The molecule has 0 saturated carbocycles. The van der Waals surface area contributed by atoms with Gasteiger partial charge >= 0.3 is 0 Å². The first-order chi connectivity index (χ1) is 7.25. The zero-order valence-electron chi connectivity index (χ0n) is 8.40. The second-order valence-electron chi connectivity index (χ2n) is 3.38. The van der Waals surface area contributed by atoms with Gasteiger partial charge in [0, 0.05) is 6.42 Å². The van der Waals surface area contributed by atoms with Gasteiger partial charge in [-0.15, -0.1) is 0 Å². The molecule has 0 aliphatic heterocycles. The van der Waals surface area contributed by atoms with Gasteiger partial charge in [-0.05, 0) is 47.6 Å². The predicted octanol–water partition coefficient (Wildman–Crippen LogP) is 3.29. The number of rotatable bonds is 3. The first kappa shape index (κ1) is 10.6. The molecule has 0 fully saturated rings. The molecule has 2 aromatic rings. The van der Waals surface area contributed by atoms with Crippen LogP contribution in [-0.4, -0.2) is 9.36 Å². The average molecular weight is 239 g/mol. The molecule has 1 aromatic heterocycles. The number of nitrogens with zero attached hydrogens (tertiary/aromatic N) is 2. The monoisotopic (exact) mass is 238 g/mol. The molecular formula is C11H11ClN2S. The fraction of sp³-hybridized carbons (Fsp3) is 0.273. The molecule has 0 N–H and O–H groups in total. The third kappa shape index (κ3) is 2.76. The minimum atomic E-state index is 0.361. The molecule has 2 nitrogen and oxygen atoms in total. The van der Waals surface area contributed by atoms with Gasteiger partial charge in [-0.1, -0.05) is 24.3 Å². The Hall–Kier alpha value is -0.930. The first-order valence-electron chi connectivity index (χ1n) is 4.78. The summed E-state index contributed by atoms with van der Waals surface area (Å²) in [5.41, 5.74) is 2.69. The fourth-order valence-electron chi connectivity index (χ4n) is 1.47. The first-order valence-corrected chi connectivity index (χ1v) is 5.93. The summed E-state index contributed by atoms with van der Waals surface area (Å²) in [6.45, 7) is 2.13. The van der Waals surface area contributed by atoms with Gasteiger partial charge < -0.3 is 0 Å². The minimum Gasteiger partial charge on any atom is -0.210 e. The molecule has 0 amide bonds. The van der Waals surface area contributed by atoms with Crippen LogP contribution in [0.25, 0.3) is 0 Å².